The van der Waals surface area contributed by atoms with Crippen molar-refractivity contribution in [3.8, 4) is 0 Å². The van der Waals surface area contributed by atoms with Crippen molar-refractivity contribution in [2.45, 2.75) is 24.3 Å². The van der Waals surface area contributed by atoms with E-state index in [0.717, 1.165) is 5.56 Å². The van der Waals surface area contributed by atoms with Gasteiger partial charge in [0.2, 0.25) is 0 Å². The Labute approximate surface area is 224 Å². The van der Waals surface area contributed by atoms with E-state index in [-0.39, 0.29) is 125 Å². The quantitative estimate of drug-likeness (QED) is 0.370. The summed E-state index contributed by atoms with van der Waals surface area (Å²) >= 11 is 0. The summed E-state index contributed by atoms with van der Waals surface area (Å²) < 4.78 is 21.6. The Kier molecular flexibility index (Phi) is 22.8. The molecule has 0 aromatic heterocycles. The van der Waals surface area contributed by atoms with E-state index in [1.165, 1.54) is 0 Å². The summed E-state index contributed by atoms with van der Waals surface area (Å²) in [7, 11) is -11.0. The maximum Gasteiger partial charge on any atom is 1.00 e. The van der Waals surface area contributed by atoms with Crippen LogP contribution in [-0.2, 0) is 15.6 Å². The summed E-state index contributed by atoms with van der Waals surface area (Å²) in [6.07, 6.45) is -0.513. The van der Waals surface area contributed by atoms with Gasteiger partial charge in [-0.1, -0.05) is 45.5 Å². The number of hydrogen-bond donors (Lipinski definition) is 1. The zero-order valence-corrected chi connectivity index (χ0v) is 23.7. The average molecular weight is 397 g/mol. The molecule has 1 rings (SSSR count). The maximum absolute atomic E-state index is 10.8. The first-order valence-electron chi connectivity index (χ1n) is 5.43. The molecule has 108 valence electrons. The van der Waals surface area contributed by atoms with E-state index in [1.807, 2.05) is 0 Å². The predicted octanol–water partition coefficient (Wildman–Crippen LogP) is -13.9. The monoisotopic (exact) mass is 397 g/mol. The van der Waals surface area contributed by atoms with E-state index in [2.05, 4.69) is 0 Å². The fourth-order valence-corrected chi connectivity index (χ4v) is 4.15. The molecule has 23 heavy (non-hydrogen) atoms. The van der Waals surface area contributed by atoms with Gasteiger partial charge in [0.25, 0.3) is 0 Å². The second kappa shape index (κ2) is 15.4. The number of rotatable bonds is 6. The minimum Gasteiger partial charge on any atom is -0.810 e. The first kappa shape index (κ1) is 34.0. The van der Waals surface area contributed by atoms with Crippen LogP contribution in [0.15, 0.2) is 30.3 Å². The molecule has 0 bridgehead atoms. The van der Waals surface area contributed by atoms with Gasteiger partial charge in [0.1, 0.15) is 0 Å². The van der Waals surface area contributed by atoms with E-state index in [1.54, 1.807) is 30.3 Å². The van der Waals surface area contributed by atoms with Gasteiger partial charge in [-0.25, -0.2) is 0 Å². The van der Waals surface area contributed by atoms with Gasteiger partial charge in [-0.2, -0.15) is 0 Å². The van der Waals surface area contributed by atoms with Gasteiger partial charge in [0.05, 0.1) is 0 Å². The maximum atomic E-state index is 10.8. The Morgan fingerprint density at radius 1 is 0.870 bits per heavy atom. The van der Waals surface area contributed by atoms with Crippen molar-refractivity contribution in [2.24, 2.45) is 5.73 Å². The van der Waals surface area contributed by atoms with Crippen LogP contribution in [0, 0.1) is 0 Å². The molecule has 0 radical (unpaired) electrons. The summed E-state index contributed by atoms with van der Waals surface area (Å²) in [5.74, 6) is 0. The Morgan fingerprint density at radius 2 is 1.26 bits per heavy atom. The van der Waals surface area contributed by atoms with Gasteiger partial charge in [-0.05, 0) is 18.4 Å². The second-order valence-corrected chi connectivity index (χ2v) is 8.06. The molecule has 0 aliphatic carbocycles. The minimum atomic E-state index is -5.52. The predicted molar refractivity (Wildman–Crippen MR) is 61.7 cm³/mol. The van der Waals surface area contributed by atoms with Crippen molar-refractivity contribution in [3.05, 3.63) is 35.9 Å². The first-order chi connectivity index (χ1) is 8.60. The topological polar surface area (TPSA) is 152 Å². The van der Waals surface area contributed by atoms with Gasteiger partial charge in [0, 0.05) is 11.4 Å². The summed E-state index contributed by atoms with van der Waals surface area (Å²) in [5, 5.41) is -2.49. The zero-order chi connectivity index (χ0) is 14.7. The SMILES string of the molecule is NC(Cc1ccccc1)CC(P(=O)([O-])[O-])P(=O)([O-])[O-].[Na+].[Na+].[Na+].[Na+]. The third kappa shape index (κ3) is 14.2. The van der Waals surface area contributed by atoms with Crippen molar-refractivity contribution >= 4 is 15.2 Å². The molecule has 2 N–H and O–H groups in total. The molecule has 1 unspecified atom stereocenters. The Balaban J connectivity index is -0.000000451. The third-order valence-electron chi connectivity index (χ3n) is 2.58. The zero-order valence-electron chi connectivity index (χ0n) is 13.9. The van der Waals surface area contributed by atoms with E-state index < -0.39 is 33.1 Å². The number of nitrogens with two attached hydrogens (primary N) is 1. The normalized spacial score (nSPS) is 12.1. The van der Waals surface area contributed by atoms with Crippen molar-refractivity contribution in [2.75, 3.05) is 0 Å². The minimum absolute atomic E-state index is 0. The Hall–Kier alpha value is 3.48. The molecule has 0 fully saturated rings. The van der Waals surface area contributed by atoms with Crippen molar-refractivity contribution in [1.29, 1.82) is 0 Å². The van der Waals surface area contributed by atoms with Crippen LogP contribution in [0.5, 0.6) is 0 Å². The number of hydrogen-bond acceptors (Lipinski definition) is 7. The third-order valence-corrected chi connectivity index (χ3v) is 6.16. The number of benzene rings is 1. The van der Waals surface area contributed by atoms with E-state index in [0.29, 0.717) is 0 Å². The molecular weight excluding hydrogens is 384 g/mol. The van der Waals surface area contributed by atoms with E-state index in [4.69, 9.17) is 5.73 Å². The molecule has 1 atom stereocenters. The Morgan fingerprint density at radius 3 is 1.61 bits per heavy atom. The summed E-state index contributed by atoms with van der Waals surface area (Å²) in [6.45, 7) is 0. The van der Waals surface area contributed by atoms with Crippen LogP contribution in [-0.4, -0.2) is 11.4 Å². The largest absolute Gasteiger partial charge is 1.00 e. The average Bonchev–Trinajstić information content (AvgIpc) is 2.24. The van der Waals surface area contributed by atoms with E-state index >= 15 is 0 Å². The molecule has 0 saturated heterocycles. The fraction of sp³-hybridized carbons (Fsp3) is 0.400. The molecule has 0 spiro atoms. The smallest absolute Gasteiger partial charge is 0.810 e. The fourth-order valence-electron chi connectivity index (χ4n) is 1.70. The summed E-state index contributed by atoms with van der Waals surface area (Å²) in [6, 6.07) is 7.77. The van der Waals surface area contributed by atoms with Gasteiger partial charge < -0.3 is 34.4 Å². The first-order valence-corrected chi connectivity index (χ1v) is 8.66. The van der Waals surface area contributed by atoms with Crippen LogP contribution in [0.1, 0.15) is 12.0 Å². The van der Waals surface area contributed by atoms with Crippen LogP contribution in [0.3, 0.4) is 0 Å². The van der Waals surface area contributed by atoms with Crippen LogP contribution >= 0.6 is 15.2 Å². The molecule has 7 nitrogen and oxygen atoms in total. The summed E-state index contributed by atoms with van der Waals surface area (Å²) in [5.41, 5.74) is 6.36. The van der Waals surface area contributed by atoms with Gasteiger partial charge in [-0.15, -0.1) is 0 Å². The molecular formula is C10H13NNa4O6P2. The Bertz CT molecular complexity index is 489. The van der Waals surface area contributed by atoms with Crippen molar-refractivity contribution in [1.82, 2.24) is 0 Å². The standard InChI is InChI=1S/C10H17NO6P2.4Na/c11-9(6-8-4-2-1-3-5-8)7-10(18(12,13)14)19(15,16)17;;;;/h1-5,9-10H,6-7,11H2,(H2,12,13,14)(H2,15,16,17);;;;/q;4*+1/p-4. The van der Waals surface area contributed by atoms with Crippen molar-refractivity contribution in [3.63, 3.8) is 0 Å². The van der Waals surface area contributed by atoms with Crippen LogP contribution in [0.2, 0.25) is 0 Å². The van der Waals surface area contributed by atoms with Crippen LogP contribution < -0.4 is 144 Å². The van der Waals surface area contributed by atoms with Gasteiger partial charge >= 0.3 is 118 Å². The van der Waals surface area contributed by atoms with Crippen LogP contribution in [0.4, 0.5) is 0 Å². The molecule has 1 aromatic rings. The molecule has 0 amide bonds. The second-order valence-electron chi connectivity index (χ2n) is 4.25. The molecule has 0 aliphatic heterocycles. The van der Waals surface area contributed by atoms with Crippen LogP contribution in [0.25, 0.3) is 0 Å². The van der Waals surface area contributed by atoms with Crippen molar-refractivity contribution < 1.29 is 147 Å². The van der Waals surface area contributed by atoms with Gasteiger partial charge in [-0.3, -0.25) is 0 Å². The summed E-state index contributed by atoms with van der Waals surface area (Å²) in [4.78, 5) is 43.2. The molecule has 0 heterocycles. The van der Waals surface area contributed by atoms with Gasteiger partial charge in [0.15, 0.2) is 0 Å². The molecule has 0 saturated carbocycles. The molecule has 1 aromatic carbocycles. The molecule has 0 aliphatic rings. The molecule has 13 heteroatoms. The van der Waals surface area contributed by atoms with E-state index in [9.17, 15) is 28.7 Å².